The molecule has 1 atom stereocenters. The number of carbonyl (C=O) groups excluding carboxylic acids is 1. The van der Waals surface area contributed by atoms with Crippen molar-refractivity contribution in [3.63, 3.8) is 0 Å². The fraction of sp³-hybridized carbons (Fsp3) is 0.158. The van der Waals surface area contributed by atoms with Crippen molar-refractivity contribution in [2.45, 2.75) is 18.8 Å². The van der Waals surface area contributed by atoms with E-state index in [4.69, 9.17) is 27.6 Å². The largest absolute Gasteiger partial charge is 0.502 e. The molecule has 8 heteroatoms. The fourth-order valence-corrected chi connectivity index (χ4v) is 3.57. The number of carbonyl (C=O) groups is 1. The van der Waals surface area contributed by atoms with Crippen LogP contribution >= 0.6 is 23.2 Å². The van der Waals surface area contributed by atoms with Gasteiger partial charge in [0.2, 0.25) is 11.5 Å². The quantitative estimate of drug-likeness (QED) is 0.529. The van der Waals surface area contributed by atoms with Crippen LogP contribution in [0.3, 0.4) is 0 Å². The molecule has 27 heavy (non-hydrogen) atoms. The van der Waals surface area contributed by atoms with E-state index in [0.29, 0.717) is 27.7 Å². The van der Waals surface area contributed by atoms with Crippen molar-refractivity contribution in [2.75, 3.05) is 5.32 Å². The second kappa shape index (κ2) is 6.18. The van der Waals surface area contributed by atoms with Crippen LogP contribution in [-0.4, -0.2) is 22.3 Å². The van der Waals surface area contributed by atoms with Crippen LogP contribution in [0.4, 0.5) is 5.69 Å². The number of nitrogens with one attached hydrogen (secondary N) is 1. The molecule has 4 rings (SSSR count). The van der Waals surface area contributed by atoms with Crippen molar-refractivity contribution in [3.05, 3.63) is 51.6 Å². The number of fused-ring (bicyclic) bond motifs is 2. The molecule has 0 saturated carbocycles. The number of rotatable bonds is 3. The Morgan fingerprint density at radius 2 is 1.96 bits per heavy atom. The number of benzene rings is 2. The summed E-state index contributed by atoms with van der Waals surface area (Å²) in [7, 11) is 0. The number of amides is 1. The number of anilines is 1. The van der Waals surface area contributed by atoms with E-state index in [0.717, 1.165) is 0 Å². The molecule has 3 aromatic rings. The smallest absolute Gasteiger partial charge is 0.260 e. The summed E-state index contributed by atoms with van der Waals surface area (Å²) in [6.07, 6.45) is 5.69. The molecule has 6 nitrogen and oxygen atoms in total. The Bertz CT molecular complexity index is 1120. The lowest BCUT2D eigenvalue weighted by molar-refractivity contribution is 0.102. The lowest BCUT2D eigenvalue weighted by Crippen LogP contribution is -2.25. The highest BCUT2D eigenvalue weighted by Crippen LogP contribution is 2.51. The number of aromatic hydroxyl groups is 2. The third-order valence-electron chi connectivity index (χ3n) is 4.69. The fourth-order valence-electron chi connectivity index (χ4n) is 3.27. The summed E-state index contributed by atoms with van der Waals surface area (Å²) >= 11 is 11.9. The van der Waals surface area contributed by atoms with Crippen molar-refractivity contribution in [3.8, 4) is 11.5 Å². The number of halogens is 2. The van der Waals surface area contributed by atoms with E-state index in [1.807, 2.05) is 13.0 Å². The third kappa shape index (κ3) is 2.72. The van der Waals surface area contributed by atoms with Gasteiger partial charge in [0.25, 0.3) is 5.91 Å². The molecule has 1 aliphatic heterocycles. The van der Waals surface area contributed by atoms with Crippen LogP contribution in [0.2, 0.25) is 10.0 Å². The molecule has 1 amide bonds. The molecule has 1 aliphatic rings. The second-order valence-corrected chi connectivity index (χ2v) is 7.37. The van der Waals surface area contributed by atoms with Crippen molar-refractivity contribution in [1.29, 1.82) is 0 Å². The summed E-state index contributed by atoms with van der Waals surface area (Å²) < 4.78 is 5.54. The maximum Gasteiger partial charge on any atom is 0.260 e. The number of phenols is 2. The van der Waals surface area contributed by atoms with Crippen LogP contribution in [0.5, 0.6) is 11.5 Å². The first-order valence-electron chi connectivity index (χ1n) is 8.08. The topological polar surface area (TPSA) is 95.1 Å². The van der Waals surface area contributed by atoms with Crippen molar-refractivity contribution in [2.24, 2.45) is 4.99 Å². The van der Waals surface area contributed by atoms with Gasteiger partial charge < -0.3 is 19.9 Å². The van der Waals surface area contributed by atoms with Crippen molar-refractivity contribution < 1.29 is 19.4 Å². The second-order valence-electron chi connectivity index (χ2n) is 6.56. The maximum absolute atomic E-state index is 13.0. The Morgan fingerprint density at radius 1 is 1.22 bits per heavy atom. The van der Waals surface area contributed by atoms with Gasteiger partial charge in [0.05, 0.1) is 15.6 Å². The summed E-state index contributed by atoms with van der Waals surface area (Å²) in [6.45, 7) is 1.90. The zero-order valence-electron chi connectivity index (χ0n) is 14.1. The van der Waals surface area contributed by atoms with Crippen LogP contribution in [0.1, 0.15) is 29.3 Å². The van der Waals surface area contributed by atoms with E-state index in [-0.39, 0.29) is 22.5 Å². The van der Waals surface area contributed by atoms with Crippen LogP contribution in [0.15, 0.2) is 39.9 Å². The Balaban J connectivity index is 1.81. The standard InChI is InChI=1S/C19H14Cl2N2O4/c1-19(4-6-22-7-5-19)13-12(16-14(24)15(25)17(13)27-16)18(26)23-9-2-3-10(20)11(21)8-9/h2-4,6-8,24-25H,5H2,1H3,(H,23,26). The zero-order valence-corrected chi connectivity index (χ0v) is 15.6. The van der Waals surface area contributed by atoms with Gasteiger partial charge in [0.1, 0.15) is 0 Å². The van der Waals surface area contributed by atoms with Crippen LogP contribution in [0, 0.1) is 0 Å². The van der Waals surface area contributed by atoms with Crippen molar-refractivity contribution in [1.82, 2.24) is 0 Å². The highest BCUT2D eigenvalue weighted by atomic mass is 35.5. The predicted molar refractivity (Wildman–Crippen MR) is 105 cm³/mol. The van der Waals surface area contributed by atoms with Gasteiger partial charge in [-0.2, -0.15) is 0 Å². The monoisotopic (exact) mass is 404 g/mol. The van der Waals surface area contributed by atoms with Gasteiger partial charge in [-0.15, -0.1) is 0 Å². The molecular weight excluding hydrogens is 391 g/mol. The van der Waals surface area contributed by atoms with E-state index in [2.05, 4.69) is 10.3 Å². The minimum Gasteiger partial charge on any atom is -0.502 e. The van der Waals surface area contributed by atoms with Gasteiger partial charge in [0, 0.05) is 29.1 Å². The molecule has 1 unspecified atom stereocenters. The zero-order chi connectivity index (χ0) is 19.3. The Hall–Kier alpha value is -2.70. The number of phenolic OH excluding ortho intramolecular Hbond substituents is 2. The highest BCUT2D eigenvalue weighted by Gasteiger charge is 2.39. The molecule has 3 heterocycles. The average Bonchev–Trinajstić information content (AvgIpc) is 3.16. The normalized spacial score (nSPS) is 19.1. The number of hydrogen-bond acceptors (Lipinski definition) is 5. The van der Waals surface area contributed by atoms with E-state index in [1.165, 1.54) is 6.07 Å². The third-order valence-corrected chi connectivity index (χ3v) is 5.43. The van der Waals surface area contributed by atoms with Gasteiger partial charge >= 0.3 is 0 Å². The first-order valence-corrected chi connectivity index (χ1v) is 8.83. The molecule has 1 aromatic carbocycles. The Morgan fingerprint density at radius 3 is 2.63 bits per heavy atom. The molecule has 2 bridgehead atoms. The average molecular weight is 405 g/mol. The van der Waals surface area contributed by atoms with E-state index < -0.39 is 17.1 Å². The number of nitrogens with zero attached hydrogens (tertiary/aromatic N) is 1. The van der Waals surface area contributed by atoms with Gasteiger partial charge in [0.15, 0.2) is 11.2 Å². The van der Waals surface area contributed by atoms with Gasteiger partial charge in [-0.25, -0.2) is 0 Å². The minimum atomic E-state index is -0.627. The summed E-state index contributed by atoms with van der Waals surface area (Å²) in [5, 5.41) is 23.7. The molecule has 0 aliphatic carbocycles. The Kier molecular flexibility index (Phi) is 4.05. The van der Waals surface area contributed by atoms with Crippen LogP contribution in [-0.2, 0) is 5.41 Å². The SMILES string of the molecule is CC1(c2c(C(=O)Nc3ccc(Cl)c(Cl)c3)c3oc2c(O)c3O)C=CN=CC1. The molecule has 3 N–H and O–H groups in total. The van der Waals surface area contributed by atoms with Crippen LogP contribution in [0.25, 0.3) is 11.2 Å². The maximum atomic E-state index is 13.0. The highest BCUT2D eigenvalue weighted by molar-refractivity contribution is 6.42. The number of aliphatic imine (C=N–C) groups is 1. The van der Waals surface area contributed by atoms with Gasteiger partial charge in [-0.1, -0.05) is 36.2 Å². The molecule has 0 spiro atoms. The lowest BCUT2D eigenvalue weighted by Gasteiger charge is -2.27. The minimum absolute atomic E-state index is 0.0628. The lowest BCUT2D eigenvalue weighted by atomic mass is 9.76. The van der Waals surface area contributed by atoms with E-state index in [1.54, 1.807) is 24.5 Å². The molecular formula is C19H14Cl2N2O4. The number of hydrogen-bond donors (Lipinski definition) is 3. The van der Waals surface area contributed by atoms with Gasteiger partial charge in [-0.05, 0) is 24.6 Å². The molecule has 138 valence electrons. The molecule has 0 fully saturated rings. The van der Waals surface area contributed by atoms with E-state index in [9.17, 15) is 15.0 Å². The first-order chi connectivity index (χ1) is 12.8. The van der Waals surface area contributed by atoms with E-state index >= 15 is 0 Å². The van der Waals surface area contributed by atoms with Crippen LogP contribution < -0.4 is 5.32 Å². The summed E-state index contributed by atoms with van der Waals surface area (Å²) in [4.78, 5) is 17.1. The first kappa shape index (κ1) is 17.7. The summed E-state index contributed by atoms with van der Waals surface area (Å²) in [6, 6.07) is 4.70. The van der Waals surface area contributed by atoms with Crippen molar-refractivity contribution >= 4 is 52.2 Å². The molecule has 0 radical (unpaired) electrons. The molecule has 2 aromatic heterocycles. The predicted octanol–water partition coefficient (Wildman–Crippen LogP) is 5.09. The van der Waals surface area contributed by atoms with Gasteiger partial charge in [-0.3, -0.25) is 9.79 Å². The number of allylic oxidation sites excluding steroid dienone is 1. The Labute approximate surface area is 164 Å². The summed E-state index contributed by atoms with van der Waals surface area (Å²) in [5.41, 5.74) is 0.490. The summed E-state index contributed by atoms with van der Waals surface area (Å²) in [5.74, 6) is -1.32. The number of furan rings is 2. The molecule has 0 saturated heterocycles.